The number of hydrogen-bond donors (Lipinski definition) is 2. The average molecular weight is 290 g/mol. The molecule has 0 bridgehead atoms. The molecule has 1 saturated heterocycles. The van der Waals surface area contributed by atoms with Gasteiger partial charge in [-0.05, 0) is 12.1 Å². The Kier molecular flexibility index (Phi) is 3.61. The second-order valence-electron chi connectivity index (χ2n) is 4.23. The molecule has 0 unspecified atom stereocenters. The number of carbonyl (C=O) groups excluding carboxylic acids is 1. The maximum absolute atomic E-state index is 12.0. The quantitative estimate of drug-likeness (QED) is 0.864. The first-order valence-electron chi connectivity index (χ1n) is 5.43. The van der Waals surface area contributed by atoms with Crippen LogP contribution in [0.3, 0.4) is 0 Å². The highest BCUT2D eigenvalue weighted by atomic mass is 35.5. The first kappa shape index (κ1) is 13.3. The molecule has 18 heavy (non-hydrogen) atoms. The summed E-state index contributed by atoms with van der Waals surface area (Å²) in [5.41, 5.74) is -1.70. The zero-order valence-corrected chi connectivity index (χ0v) is 11.0. The number of nitrogens with zero attached hydrogens (tertiary/aromatic N) is 1. The molecule has 2 rings (SSSR count). The summed E-state index contributed by atoms with van der Waals surface area (Å²) in [6.45, 7) is 0.467. The standard InChI is InChI=1S/C11H12ClNO4S/c12-8-2-1-7(18-8)9(14)13-5-3-11(17,4-6-13)10(15)16/h1-2,17H,3-6H2,(H,15,16). The van der Waals surface area contributed by atoms with E-state index >= 15 is 0 Å². The number of amides is 1. The number of carboxylic acid groups (broad SMARTS) is 1. The highest BCUT2D eigenvalue weighted by Crippen LogP contribution is 2.27. The van der Waals surface area contributed by atoms with Gasteiger partial charge in [0.05, 0.1) is 9.21 Å². The van der Waals surface area contributed by atoms with Crippen molar-refractivity contribution < 1.29 is 19.8 Å². The number of aliphatic carboxylic acids is 1. The number of carboxylic acids is 1. The molecule has 0 atom stereocenters. The Labute approximate surface area is 113 Å². The summed E-state index contributed by atoms with van der Waals surface area (Å²) in [7, 11) is 0. The summed E-state index contributed by atoms with van der Waals surface area (Å²) in [5, 5.41) is 18.6. The van der Waals surface area contributed by atoms with Gasteiger partial charge in [-0.1, -0.05) is 11.6 Å². The van der Waals surface area contributed by atoms with E-state index in [-0.39, 0.29) is 31.8 Å². The number of piperidine rings is 1. The molecule has 5 nitrogen and oxygen atoms in total. The molecule has 1 aliphatic heterocycles. The molecular weight excluding hydrogens is 278 g/mol. The molecule has 1 aromatic heterocycles. The Morgan fingerprint density at radius 2 is 1.94 bits per heavy atom. The maximum atomic E-state index is 12.0. The summed E-state index contributed by atoms with van der Waals surface area (Å²) in [5.74, 6) is -1.40. The van der Waals surface area contributed by atoms with Crippen LogP contribution in [0.1, 0.15) is 22.5 Å². The first-order chi connectivity index (χ1) is 8.42. The van der Waals surface area contributed by atoms with Crippen molar-refractivity contribution in [3.63, 3.8) is 0 Å². The fourth-order valence-corrected chi connectivity index (χ4v) is 2.89. The van der Waals surface area contributed by atoms with Crippen LogP contribution in [-0.2, 0) is 4.79 Å². The highest BCUT2D eigenvalue weighted by Gasteiger charge is 2.40. The number of rotatable bonds is 2. The van der Waals surface area contributed by atoms with Gasteiger partial charge >= 0.3 is 5.97 Å². The SMILES string of the molecule is O=C(c1ccc(Cl)s1)N1CCC(O)(C(=O)O)CC1. The van der Waals surface area contributed by atoms with Gasteiger partial charge in [0.25, 0.3) is 5.91 Å². The lowest BCUT2D eigenvalue weighted by Crippen LogP contribution is -2.50. The fourth-order valence-electron chi connectivity index (χ4n) is 1.88. The number of hydrogen-bond acceptors (Lipinski definition) is 4. The van der Waals surface area contributed by atoms with E-state index in [0.29, 0.717) is 9.21 Å². The third kappa shape index (κ3) is 2.50. The molecule has 0 spiro atoms. The molecule has 1 amide bonds. The number of halogens is 1. The van der Waals surface area contributed by atoms with Crippen LogP contribution in [0.4, 0.5) is 0 Å². The summed E-state index contributed by atoms with van der Waals surface area (Å²) < 4.78 is 0.539. The summed E-state index contributed by atoms with van der Waals surface area (Å²) in [6.07, 6.45) is 0.0976. The second-order valence-corrected chi connectivity index (χ2v) is 5.95. The molecule has 98 valence electrons. The lowest BCUT2D eigenvalue weighted by atomic mass is 9.91. The third-order valence-corrected chi connectivity index (χ3v) is 4.28. The summed E-state index contributed by atoms with van der Waals surface area (Å²) in [6, 6.07) is 3.30. The van der Waals surface area contributed by atoms with E-state index in [1.807, 2.05) is 0 Å². The Bertz CT molecular complexity index is 479. The van der Waals surface area contributed by atoms with Crippen molar-refractivity contribution in [2.24, 2.45) is 0 Å². The maximum Gasteiger partial charge on any atom is 0.335 e. The van der Waals surface area contributed by atoms with Gasteiger partial charge in [0.1, 0.15) is 0 Å². The van der Waals surface area contributed by atoms with E-state index in [1.165, 1.54) is 11.3 Å². The Morgan fingerprint density at radius 3 is 2.39 bits per heavy atom. The van der Waals surface area contributed by atoms with Crippen molar-refractivity contribution in [2.75, 3.05) is 13.1 Å². The van der Waals surface area contributed by atoms with Crippen LogP contribution < -0.4 is 0 Å². The number of carbonyl (C=O) groups is 2. The topological polar surface area (TPSA) is 77.8 Å². The smallest absolute Gasteiger partial charge is 0.335 e. The van der Waals surface area contributed by atoms with E-state index < -0.39 is 11.6 Å². The summed E-state index contributed by atoms with van der Waals surface area (Å²) in [4.78, 5) is 25.0. The van der Waals surface area contributed by atoms with Crippen LogP contribution in [-0.4, -0.2) is 45.7 Å². The minimum absolute atomic E-state index is 0.0488. The van der Waals surface area contributed by atoms with E-state index in [0.717, 1.165) is 0 Å². The van der Waals surface area contributed by atoms with Crippen molar-refractivity contribution in [3.05, 3.63) is 21.3 Å². The molecule has 7 heteroatoms. The van der Waals surface area contributed by atoms with Gasteiger partial charge in [-0.25, -0.2) is 4.79 Å². The van der Waals surface area contributed by atoms with Gasteiger partial charge in [0.15, 0.2) is 5.60 Å². The van der Waals surface area contributed by atoms with Crippen molar-refractivity contribution in [2.45, 2.75) is 18.4 Å². The number of aliphatic hydroxyl groups is 1. The van der Waals surface area contributed by atoms with Crippen LogP contribution in [0.2, 0.25) is 4.34 Å². The second kappa shape index (κ2) is 4.87. The largest absolute Gasteiger partial charge is 0.479 e. The molecule has 0 saturated carbocycles. The molecule has 1 aromatic rings. The lowest BCUT2D eigenvalue weighted by Gasteiger charge is -2.35. The molecule has 1 aliphatic rings. The normalized spacial score (nSPS) is 18.7. The fraction of sp³-hybridized carbons (Fsp3) is 0.455. The predicted molar refractivity (Wildman–Crippen MR) is 67.1 cm³/mol. The average Bonchev–Trinajstić information content (AvgIpc) is 2.76. The Morgan fingerprint density at radius 1 is 1.33 bits per heavy atom. The van der Waals surface area contributed by atoms with E-state index in [9.17, 15) is 14.7 Å². The number of likely N-dealkylation sites (tertiary alicyclic amines) is 1. The van der Waals surface area contributed by atoms with Gasteiger partial charge in [0.2, 0.25) is 0 Å². The molecule has 0 radical (unpaired) electrons. The van der Waals surface area contributed by atoms with Crippen molar-refractivity contribution in [3.8, 4) is 0 Å². The van der Waals surface area contributed by atoms with Gasteiger partial charge in [0, 0.05) is 25.9 Å². The highest BCUT2D eigenvalue weighted by molar-refractivity contribution is 7.17. The van der Waals surface area contributed by atoms with E-state index in [1.54, 1.807) is 17.0 Å². The molecule has 2 heterocycles. The van der Waals surface area contributed by atoms with Gasteiger partial charge in [-0.15, -0.1) is 11.3 Å². The lowest BCUT2D eigenvalue weighted by molar-refractivity contribution is -0.162. The van der Waals surface area contributed by atoms with Crippen LogP contribution in [0.15, 0.2) is 12.1 Å². The zero-order valence-electron chi connectivity index (χ0n) is 9.43. The Balaban J connectivity index is 2.02. The van der Waals surface area contributed by atoms with E-state index in [4.69, 9.17) is 16.7 Å². The molecular formula is C11H12ClNO4S. The van der Waals surface area contributed by atoms with Crippen molar-refractivity contribution >= 4 is 34.8 Å². The summed E-state index contributed by atoms with van der Waals surface area (Å²) >= 11 is 6.95. The monoisotopic (exact) mass is 289 g/mol. The van der Waals surface area contributed by atoms with Crippen LogP contribution in [0, 0.1) is 0 Å². The molecule has 1 fully saturated rings. The minimum Gasteiger partial charge on any atom is -0.479 e. The minimum atomic E-state index is -1.70. The third-order valence-electron chi connectivity index (χ3n) is 3.06. The van der Waals surface area contributed by atoms with Gasteiger partial charge in [-0.3, -0.25) is 4.79 Å². The van der Waals surface area contributed by atoms with Gasteiger partial charge < -0.3 is 15.1 Å². The van der Waals surface area contributed by atoms with Crippen molar-refractivity contribution in [1.82, 2.24) is 4.90 Å². The van der Waals surface area contributed by atoms with Gasteiger partial charge in [-0.2, -0.15) is 0 Å². The zero-order chi connectivity index (χ0) is 13.3. The van der Waals surface area contributed by atoms with Crippen LogP contribution in [0.5, 0.6) is 0 Å². The van der Waals surface area contributed by atoms with Crippen LogP contribution in [0.25, 0.3) is 0 Å². The molecule has 2 N–H and O–H groups in total. The van der Waals surface area contributed by atoms with Crippen molar-refractivity contribution in [1.29, 1.82) is 0 Å². The molecule has 0 aliphatic carbocycles. The van der Waals surface area contributed by atoms with Crippen LogP contribution >= 0.6 is 22.9 Å². The predicted octanol–water partition coefficient (Wildman–Crippen LogP) is 1.45. The first-order valence-corrected chi connectivity index (χ1v) is 6.62. The molecule has 0 aromatic carbocycles. The Hall–Kier alpha value is -1.11. The van der Waals surface area contributed by atoms with E-state index in [2.05, 4.69) is 0 Å². The number of thiophene rings is 1.